The Morgan fingerprint density at radius 3 is 2.64 bits per heavy atom. The van der Waals surface area contributed by atoms with Gasteiger partial charge in [-0.25, -0.2) is 0 Å². The summed E-state index contributed by atoms with van der Waals surface area (Å²) in [7, 11) is 3.66. The van der Waals surface area contributed by atoms with Gasteiger partial charge in [-0.15, -0.1) is 0 Å². The second kappa shape index (κ2) is 9.33. The van der Waals surface area contributed by atoms with E-state index in [2.05, 4.69) is 0 Å². The predicted octanol–water partition coefficient (Wildman–Crippen LogP) is 0.257. The van der Waals surface area contributed by atoms with Gasteiger partial charge in [0.05, 0.1) is 11.6 Å². The van der Waals surface area contributed by atoms with E-state index in [0.717, 1.165) is 26.2 Å². The maximum Gasteiger partial charge on any atom is 0.0869 e. The monoisotopic (exact) mass is 220 g/mol. The van der Waals surface area contributed by atoms with Crippen LogP contribution in [0.3, 0.4) is 0 Å². The molecule has 5 heteroatoms. The molecule has 0 aliphatic carbocycles. The number of hydrogen-bond donors (Lipinski definition) is 1. The second-order valence-corrected chi connectivity index (χ2v) is 3.69. The van der Waals surface area contributed by atoms with Gasteiger partial charge in [0.2, 0.25) is 0 Å². The molecule has 0 bridgehead atoms. The first kappa shape index (κ1) is 13.8. The third kappa shape index (κ3) is 9.85. The Bertz CT molecular complexity index is 156. The van der Waals surface area contributed by atoms with Crippen LogP contribution in [-0.2, 0) is 9.47 Å². The summed E-state index contributed by atoms with van der Waals surface area (Å²) in [5.41, 5.74) is 5.40. The van der Waals surface area contributed by atoms with Gasteiger partial charge in [-0.3, -0.25) is 4.90 Å². The predicted molar refractivity (Wildman–Crippen MR) is 61.6 cm³/mol. The molecule has 0 aliphatic rings. The van der Waals surface area contributed by atoms with Crippen LogP contribution in [0.5, 0.6) is 0 Å². The highest BCUT2D eigenvalue weighted by atomic mass is 32.1. The Hall–Kier alpha value is -0.230. The quantitative estimate of drug-likeness (QED) is 0.446. The Kier molecular flexibility index (Phi) is 9.18. The smallest absolute Gasteiger partial charge is 0.0869 e. The molecule has 0 aromatic rings. The number of ether oxygens (including phenoxy) is 2. The fourth-order valence-electron chi connectivity index (χ4n) is 0.973. The van der Waals surface area contributed by atoms with Gasteiger partial charge in [-0.05, 0) is 13.5 Å². The number of thiocarbonyl (C=S) groups is 1. The van der Waals surface area contributed by atoms with Gasteiger partial charge in [-0.1, -0.05) is 12.2 Å². The summed E-state index contributed by atoms with van der Waals surface area (Å²) in [6.45, 7) is 3.71. The van der Waals surface area contributed by atoms with Crippen LogP contribution in [0.1, 0.15) is 6.42 Å². The van der Waals surface area contributed by atoms with Crippen molar-refractivity contribution in [3.63, 3.8) is 0 Å². The van der Waals surface area contributed by atoms with Gasteiger partial charge in [0.1, 0.15) is 0 Å². The molecule has 0 aromatic carbocycles. The van der Waals surface area contributed by atoms with Crippen LogP contribution in [-0.4, -0.2) is 57.0 Å². The largest absolute Gasteiger partial charge is 0.392 e. The minimum atomic E-state index is 0.520. The summed E-state index contributed by atoms with van der Waals surface area (Å²) in [5.74, 6) is 0. The van der Waals surface area contributed by atoms with Crippen molar-refractivity contribution >= 4 is 17.2 Å². The lowest BCUT2D eigenvalue weighted by atomic mass is 10.5. The molecule has 0 aliphatic heterocycles. The third-order valence-corrected chi connectivity index (χ3v) is 1.81. The molecule has 0 unspecified atom stereocenters. The number of likely N-dealkylation sites (N-methyl/N-ethyl adjacent to an activating group) is 1. The first-order valence-corrected chi connectivity index (χ1v) is 5.11. The van der Waals surface area contributed by atoms with Crippen molar-refractivity contribution in [1.82, 2.24) is 4.90 Å². The van der Waals surface area contributed by atoms with Crippen LogP contribution in [0, 0.1) is 0 Å². The van der Waals surface area contributed by atoms with E-state index >= 15 is 0 Å². The lowest BCUT2D eigenvalue weighted by molar-refractivity contribution is 0.0912. The molecule has 0 amide bonds. The first-order valence-electron chi connectivity index (χ1n) is 4.70. The average molecular weight is 220 g/mol. The second-order valence-electron chi connectivity index (χ2n) is 3.16. The van der Waals surface area contributed by atoms with Crippen molar-refractivity contribution in [2.45, 2.75) is 6.42 Å². The highest BCUT2D eigenvalue weighted by Gasteiger charge is 1.98. The number of rotatable bonds is 9. The van der Waals surface area contributed by atoms with Crippen LogP contribution in [0.4, 0.5) is 0 Å². The average Bonchev–Trinajstić information content (AvgIpc) is 2.10. The molecule has 4 nitrogen and oxygen atoms in total. The summed E-state index contributed by atoms with van der Waals surface area (Å²) in [6, 6.07) is 0. The molecular weight excluding hydrogens is 200 g/mol. The lowest BCUT2D eigenvalue weighted by Crippen LogP contribution is -2.32. The van der Waals surface area contributed by atoms with Crippen molar-refractivity contribution < 1.29 is 9.47 Å². The van der Waals surface area contributed by atoms with Crippen molar-refractivity contribution in [2.24, 2.45) is 5.73 Å². The molecular formula is C9H20N2O2S. The van der Waals surface area contributed by atoms with Gasteiger partial charge in [0.25, 0.3) is 0 Å². The molecule has 0 heterocycles. The minimum Gasteiger partial charge on any atom is -0.392 e. The standard InChI is InChI=1S/C9H20N2O2S/c1-11(8-9(10)14)4-7-13-6-3-5-12-2/h3-8H2,1-2H3,(H2,10,14). The van der Waals surface area contributed by atoms with Crippen molar-refractivity contribution in [2.75, 3.05) is 47.1 Å². The summed E-state index contributed by atoms with van der Waals surface area (Å²) in [6.07, 6.45) is 0.940. The first-order chi connectivity index (χ1) is 6.66. The zero-order valence-corrected chi connectivity index (χ0v) is 9.81. The fraction of sp³-hybridized carbons (Fsp3) is 0.889. The van der Waals surface area contributed by atoms with Crippen LogP contribution in [0.15, 0.2) is 0 Å². The van der Waals surface area contributed by atoms with Crippen LogP contribution < -0.4 is 5.73 Å². The van der Waals surface area contributed by atoms with E-state index in [9.17, 15) is 0 Å². The van der Waals surface area contributed by atoms with Crippen LogP contribution in [0.25, 0.3) is 0 Å². The molecule has 0 fully saturated rings. The SMILES string of the molecule is COCCCOCCN(C)CC(N)=S. The zero-order valence-electron chi connectivity index (χ0n) is 8.99. The summed E-state index contributed by atoms with van der Waals surface area (Å²) < 4.78 is 10.3. The van der Waals surface area contributed by atoms with E-state index in [1.54, 1.807) is 7.11 Å². The molecule has 0 saturated carbocycles. The molecule has 0 saturated heterocycles. The Morgan fingerprint density at radius 1 is 1.36 bits per heavy atom. The Morgan fingerprint density at radius 2 is 2.07 bits per heavy atom. The van der Waals surface area contributed by atoms with Gasteiger partial charge in [-0.2, -0.15) is 0 Å². The third-order valence-electron chi connectivity index (χ3n) is 1.68. The molecule has 0 spiro atoms. The summed E-state index contributed by atoms with van der Waals surface area (Å²) in [4.78, 5) is 2.56. The summed E-state index contributed by atoms with van der Waals surface area (Å²) in [5, 5.41) is 0. The number of hydrogen-bond acceptors (Lipinski definition) is 4. The normalized spacial score (nSPS) is 10.8. The highest BCUT2D eigenvalue weighted by molar-refractivity contribution is 7.80. The number of nitrogens with zero attached hydrogens (tertiary/aromatic N) is 1. The number of methoxy groups -OCH3 is 1. The topological polar surface area (TPSA) is 47.7 Å². The fourth-order valence-corrected chi connectivity index (χ4v) is 1.19. The van der Waals surface area contributed by atoms with Crippen LogP contribution in [0.2, 0.25) is 0 Å². The van der Waals surface area contributed by atoms with Gasteiger partial charge in [0, 0.05) is 33.4 Å². The minimum absolute atomic E-state index is 0.520. The molecule has 0 atom stereocenters. The van der Waals surface area contributed by atoms with Crippen molar-refractivity contribution in [3.8, 4) is 0 Å². The molecule has 0 rings (SSSR count). The van der Waals surface area contributed by atoms with E-state index in [1.165, 1.54) is 0 Å². The van der Waals surface area contributed by atoms with Gasteiger partial charge in [0.15, 0.2) is 0 Å². The Balaban J connectivity index is 3.14. The van der Waals surface area contributed by atoms with Crippen molar-refractivity contribution in [3.05, 3.63) is 0 Å². The summed E-state index contributed by atoms with van der Waals surface area (Å²) >= 11 is 4.79. The molecule has 0 aromatic heterocycles. The molecule has 84 valence electrons. The Labute approximate surface area is 91.3 Å². The molecule has 14 heavy (non-hydrogen) atoms. The number of nitrogens with two attached hydrogens (primary N) is 1. The van der Waals surface area contributed by atoms with E-state index < -0.39 is 0 Å². The molecule has 2 N–H and O–H groups in total. The van der Waals surface area contributed by atoms with E-state index in [1.807, 2.05) is 11.9 Å². The maximum absolute atomic E-state index is 5.40. The van der Waals surface area contributed by atoms with E-state index in [-0.39, 0.29) is 0 Å². The van der Waals surface area contributed by atoms with Gasteiger partial charge < -0.3 is 15.2 Å². The van der Waals surface area contributed by atoms with E-state index in [0.29, 0.717) is 18.1 Å². The highest BCUT2D eigenvalue weighted by Crippen LogP contribution is 1.86. The molecule has 0 radical (unpaired) electrons. The zero-order chi connectivity index (χ0) is 10.8. The maximum atomic E-state index is 5.40. The van der Waals surface area contributed by atoms with E-state index in [4.69, 9.17) is 27.4 Å². The van der Waals surface area contributed by atoms with Crippen LogP contribution >= 0.6 is 12.2 Å². The lowest BCUT2D eigenvalue weighted by Gasteiger charge is -2.15. The van der Waals surface area contributed by atoms with Crippen molar-refractivity contribution in [1.29, 1.82) is 0 Å². The van der Waals surface area contributed by atoms with Gasteiger partial charge >= 0.3 is 0 Å².